The zero-order valence-corrected chi connectivity index (χ0v) is 18.3. The predicted molar refractivity (Wildman–Crippen MR) is 127 cm³/mol. The van der Waals surface area contributed by atoms with Gasteiger partial charge in [0, 0.05) is 39.3 Å². The Labute approximate surface area is 184 Å². The molecular weight excluding hydrogens is 388 g/mol. The molecule has 3 aromatic rings. The maximum atomic E-state index is 5.76. The van der Waals surface area contributed by atoms with E-state index in [0.717, 1.165) is 35.3 Å². The first-order valence-electron chi connectivity index (χ1n) is 10.7. The van der Waals surface area contributed by atoms with Gasteiger partial charge in [0.15, 0.2) is 0 Å². The van der Waals surface area contributed by atoms with Crippen LogP contribution in [-0.4, -0.2) is 28.0 Å². The van der Waals surface area contributed by atoms with Crippen LogP contribution in [0.15, 0.2) is 48.5 Å². The Kier molecular flexibility index (Phi) is 8.14. The van der Waals surface area contributed by atoms with Crippen molar-refractivity contribution in [2.45, 2.75) is 40.0 Å². The first-order valence-corrected chi connectivity index (χ1v) is 10.7. The molecule has 0 amide bonds. The number of nitrogens with two attached hydrogens (primary N) is 2. The highest BCUT2D eigenvalue weighted by Gasteiger charge is 2.11. The summed E-state index contributed by atoms with van der Waals surface area (Å²) in [4.78, 5) is 15.9. The minimum atomic E-state index is 0.519. The van der Waals surface area contributed by atoms with Gasteiger partial charge in [0.25, 0.3) is 0 Å². The summed E-state index contributed by atoms with van der Waals surface area (Å²) in [5.41, 5.74) is 16.0. The van der Waals surface area contributed by atoms with Crippen LogP contribution in [0.25, 0.3) is 0 Å². The van der Waals surface area contributed by atoms with Gasteiger partial charge in [-0.15, -0.1) is 0 Å². The molecule has 3 rings (SSSR count). The molecule has 0 aliphatic heterocycles. The van der Waals surface area contributed by atoms with Crippen molar-refractivity contribution in [3.8, 4) is 0 Å². The van der Waals surface area contributed by atoms with E-state index in [4.69, 9.17) is 11.5 Å². The molecule has 0 unspecified atom stereocenters. The van der Waals surface area contributed by atoms with E-state index in [0.29, 0.717) is 44.0 Å². The van der Waals surface area contributed by atoms with Crippen LogP contribution < -0.4 is 27.0 Å². The molecular formula is C23H32N8. The lowest BCUT2D eigenvalue weighted by Gasteiger charge is -2.20. The highest BCUT2D eigenvalue weighted by Crippen LogP contribution is 2.16. The molecule has 31 heavy (non-hydrogen) atoms. The van der Waals surface area contributed by atoms with Gasteiger partial charge in [0.05, 0.1) is 0 Å². The highest BCUT2D eigenvalue weighted by molar-refractivity contribution is 5.44. The maximum Gasteiger partial charge on any atom is 0.231 e. The van der Waals surface area contributed by atoms with E-state index in [1.165, 1.54) is 0 Å². The average Bonchev–Trinajstić information content (AvgIpc) is 2.82. The Morgan fingerprint density at radius 2 is 1.16 bits per heavy atom. The quantitative estimate of drug-likeness (QED) is 0.374. The summed E-state index contributed by atoms with van der Waals surface area (Å²) < 4.78 is 0. The van der Waals surface area contributed by atoms with Gasteiger partial charge in [0.1, 0.15) is 0 Å². The van der Waals surface area contributed by atoms with Crippen molar-refractivity contribution in [2.75, 3.05) is 28.6 Å². The van der Waals surface area contributed by atoms with Gasteiger partial charge >= 0.3 is 0 Å². The van der Waals surface area contributed by atoms with Crippen LogP contribution in [-0.2, 0) is 26.2 Å². The first kappa shape index (κ1) is 22.5. The van der Waals surface area contributed by atoms with Crippen molar-refractivity contribution in [3.63, 3.8) is 0 Å². The molecule has 6 N–H and O–H groups in total. The third kappa shape index (κ3) is 6.37. The summed E-state index contributed by atoms with van der Waals surface area (Å²) in [6, 6.07) is 16.3. The topological polar surface area (TPSA) is 118 Å². The number of benzene rings is 2. The number of hydrogen-bond acceptors (Lipinski definition) is 8. The third-order valence-corrected chi connectivity index (χ3v) is 5.03. The Morgan fingerprint density at radius 3 is 1.58 bits per heavy atom. The Hall–Kier alpha value is -3.23. The molecule has 0 fully saturated rings. The van der Waals surface area contributed by atoms with Gasteiger partial charge in [-0.1, -0.05) is 48.5 Å². The summed E-state index contributed by atoms with van der Waals surface area (Å²) in [6.07, 6.45) is 0. The van der Waals surface area contributed by atoms with Crippen LogP contribution in [0.5, 0.6) is 0 Å². The number of aromatic nitrogens is 3. The molecule has 8 nitrogen and oxygen atoms in total. The molecule has 0 radical (unpaired) electrons. The summed E-state index contributed by atoms with van der Waals surface area (Å²) in [5, 5.41) is 6.65. The van der Waals surface area contributed by atoms with Crippen molar-refractivity contribution in [2.24, 2.45) is 11.5 Å². The molecule has 0 spiro atoms. The molecule has 1 heterocycles. The number of rotatable bonds is 11. The van der Waals surface area contributed by atoms with Gasteiger partial charge in [-0.3, -0.25) is 0 Å². The number of hydrogen-bond donors (Lipinski definition) is 4. The number of anilines is 3. The molecule has 164 valence electrons. The smallest absolute Gasteiger partial charge is 0.231 e. The Morgan fingerprint density at radius 1 is 0.710 bits per heavy atom. The van der Waals surface area contributed by atoms with Gasteiger partial charge in [0.2, 0.25) is 17.8 Å². The van der Waals surface area contributed by atoms with E-state index < -0.39 is 0 Å². The zero-order chi connectivity index (χ0) is 22.1. The molecule has 0 aliphatic carbocycles. The number of nitrogens with zero attached hydrogens (tertiary/aromatic N) is 4. The molecule has 0 atom stereocenters. The van der Waals surface area contributed by atoms with Gasteiger partial charge in [-0.25, -0.2) is 0 Å². The lowest BCUT2D eigenvalue weighted by molar-refractivity contribution is 0.810. The van der Waals surface area contributed by atoms with Crippen molar-refractivity contribution in [1.29, 1.82) is 0 Å². The largest absolute Gasteiger partial charge is 0.350 e. The maximum absolute atomic E-state index is 5.76. The van der Waals surface area contributed by atoms with Crippen molar-refractivity contribution in [1.82, 2.24) is 15.0 Å². The van der Waals surface area contributed by atoms with Gasteiger partial charge in [-0.2, -0.15) is 15.0 Å². The zero-order valence-electron chi connectivity index (χ0n) is 18.3. The summed E-state index contributed by atoms with van der Waals surface area (Å²) in [7, 11) is 0. The Balaban J connectivity index is 1.78. The number of nitrogens with one attached hydrogen (secondary N) is 2. The first-order chi connectivity index (χ1) is 15.1. The second-order valence-electron chi connectivity index (χ2n) is 7.21. The molecule has 0 saturated heterocycles. The fourth-order valence-corrected chi connectivity index (χ4v) is 3.27. The van der Waals surface area contributed by atoms with Crippen molar-refractivity contribution in [3.05, 3.63) is 70.8 Å². The van der Waals surface area contributed by atoms with Crippen LogP contribution in [0.2, 0.25) is 0 Å². The molecule has 2 aromatic carbocycles. The van der Waals surface area contributed by atoms with E-state index >= 15 is 0 Å². The standard InChI is InChI=1S/C23H32N8/c1-3-31(4-2)23-29-21(26-15-19-9-5-7-17(11-19)13-24)28-22(30-23)27-16-20-10-6-8-18(12-20)14-25/h5-12H,3-4,13-16,24-25H2,1-2H3,(H2,26,27,28,29,30). The molecule has 8 heteroatoms. The van der Waals surface area contributed by atoms with E-state index in [9.17, 15) is 0 Å². The summed E-state index contributed by atoms with van der Waals surface area (Å²) in [5.74, 6) is 1.72. The van der Waals surface area contributed by atoms with Crippen molar-refractivity contribution < 1.29 is 0 Å². The molecule has 1 aromatic heterocycles. The summed E-state index contributed by atoms with van der Waals surface area (Å²) in [6.45, 7) is 8.05. The van der Waals surface area contributed by atoms with Gasteiger partial charge in [-0.05, 0) is 36.1 Å². The van der Waals surface area contributed by atoms with Gasteiger partial charge < -0.3 is 27.0 Å². The molecule has 0 bridgehead atoms. The Bertz CT molecular complexity index is 902. The normalized spacial score (nSPS) is 10.7. The summed E-state index contributed by atoms with van der Waals surface area (Å²) >= 11 is 0. The van der Waals surface area contributed by atoms with Crippen LogP contribution in [0.4, 0.5) is 17.8 Å². The second-order valence-corrected chi connectivity index (χ2v) is 7.21. The monoisotopic (exact) mass is 420 g/mol. The fraction of sp³-hybridized carbons (Fsp3) is 0.348. The van der Waals surface area contributed by atoms with E-state index in [1.807, 2.05) is 24.3 Å². The van der Waals surface area contributed by atoms with E-state index in [-0.39, 0.29) is 0 Å². The third-order valence-electron chi connectivity index (χ3n) is 5.03. The van der Waals surface area contributed by atoms with Crippen LogP contribution >= 0.6 is 0 Å². The lowest BCUT2D eigenvalue weighted by atomic mass is 10.1. The molecule has 0 aliphatic rings. The minimum absolute atomic E-state index is 0.519. The van der Waals surface area contributed by atoms with E-state index in [2.05, 4.69) is 68.6 Å². The second kappa shape index (κ2) is 11.2. The molecule has 0 saturated carbocycles. The lowest BCUT2D eigenvalue weighted by Crippen LogP contribution is -2.25. The fourth-order valence-electron chi connectivity index (χ4n) is 3.27. The van der Waals surface area contributed by atoms with Crippen LogP contribution in [0.1, 0.15) is 36.1 Å². The predicted octanol–water partition coefficient (Wildman–Crippen LogP) is 2.86. The SMILES string of the molecule is CCN(CC)c1nc(NCc2cccc(CN)c2)nc(NCc2cccc(CN)c2)n1. The van der Waals surface area contributed by atoms with Crippen LogP contribution in [0, 0.1) is 0 Å². The minimum Gasteiger partial charge on any atom is -0.350 e. The average molecular weight is 421 g/mol. The van der Waals surface area contributed by atoms with E-state index in [1.54, 1.807) is 0 Å². The highest BCUT2D eigenvalue weighted by atomic mass is 15.3. The van der Waals surface area contributed by atoms with Crippen molar-refractivity contribution >= 4 is 17.8 Å². The van der Waals surface area contributed by atoms with Crippen LogP contribution in [0.3, 0.4) is 0 Å².